The Balaban J connectivity index is 0.00000192. The molecule has 0 spiro atoms. The van der Waals surface area contributed by atoms with Crippen LogP contribution in [0.4, 0.5) is 0 Å². The van der Waals surface area contributed by atoms with Crippen molar-refractivity contribution >= 4 is 23.5 Å². The zero-order chi connectivity index (χ0) is 15.5. The standard InChI is InChI=1S/C18H30O2Si2/c1-22(2)18(13-7-9-15-20-18)17(12-6-8-14-19-17)21-16-10-4-3-5-11-16/h3-5,10-11,22H,6-9,12-15,21H2,1-2H3/p+1. The minimum Gasteiger partial charge on any atom is -0.376 e. The van der Waals surface area contributed by atoms with E-state index < -0.39 is 18.3 Å². The van der Waals surface area contributed by atoms with Gasteiger partial charge >= 0.3 is 1.43 Å². The Kier molecular flexibility index (Phi) is 5.22. The van der Waals surface area contributed by atoms with Gasteiger partial charge in [0.05, 0.1) is 28.8 Å². The monoisotopic (exact) mass is 335 g/mol. The van der Waals surface area contributed by atoms with Crippen LogP contribution in [0, 0.1) is 0 Å². The van der Waals surface area contributed by atoms with Gasteiger partial charge in [-0.15, -0.1) is 0 Å². The second-order valence-electron chi connectivity index (χ2n) is 7.31. The van der Waals surface area contributed by atoms with Crippen LogP contribution in [0.2, 0.25) is 13.1 Å². The zero-order valence-corrected chi connectivity index (χ0v) is 16.7. The van der Waals surface area contributed by atoms with Crippen molar-refractivity contribution < 1.29 is 10.9 Å². The molecule has 2 aliphatic heterocycles. The summed E-state index contributed by atoms with van der Waals surface area (Å²) >= 11 is 0. The maximum absolute atomic E-state index is 6.65. The van der Waals surface area contributed by atoms with Crippen molar-refractivity contribution in [1.29, 1.82) is 0 Å². The topological polar surface area (TPSA) is 18.5 Å². The average molecular weight is 336 g/mol. The molecular weight excluding hydrogens is 304 g/mol. The molecule has 0 radical (unpaired) electrons. The molecule has 2 heterocycles. The molecule has 2 unspecified atom stereocenters. The van der Waals surface area contributed by atoms with Crippen molar-refractivity contribution in [2.75, 3.05) is 13.2 Å². The van der Waals surface area contributed by atoms with Crippen molar-refractivity contribution in [2.45, 2.75) is 62.1 Å². The third-order valence-electron chi connectivity index (χ3n) is 5.69. The molecule has 2 saturated heterocycles. The molecule has 0 saturated carbocycles. The van der Waals surface area contributed by atoms with Crippen LogP contribution in [0.3, 0.4) is 0 Å². The van der Waals surface area contributed by atoms with Crippen LogP contribution in [0.15, 0.2) is 30.3 Å². The van der Waals surface area contributed by atoms with Crippen LogP contribution in [0.5, 0.6) is 0 Å². The molecule has 22 heavy (non-hydrogen) atoms. The molecule has 1 aromatic rings. The van der Waals surface area contributed by atoms with Crippen molar-refractivity contribution in [3.8, 4) is 0 Å². The Morgan fingerprint density at radius 3 is 2.18 bits per heavy atom. The van der Waals surface area contributed by atoms with Crippen molar-refractivity contribution in [3.05, 3.63) is 30.3 Å². The zero-order valence-electron chi connectivity index (χ0n) is 15.1. The van der Waals surface area contributed by atoms with Crippen molar-refractivity contribution in [2.24, 2.45) is 0 Å². The van der Waals surface area contributed by atoms with E-state index in [-0.39, 0.29) is 11.9 Å². The smallest absolute Gasteiger partial charge is 0.376 e. The van der Waals surface area contributed by atoms with Gasteiger partial charge < -0.3 is 9.47 Å². The Bertz CT molecular complexity index is 469. The van der Waals surface area contributed by atoms with Gasteiger partial charge in [-0.2, -0.15) is 0 Å². The number of benzene rings is 1. The SMILES string of the molecule is C[SiH](C)C1(C2([SiH2]c3ccccc3)CCCCO2)CCCCO1.[H+]. The first kappa shape index (κ1) is 16.4. The summed E-state index contributed by atoms with van der Waals surface area (Å²) < 4.78 is 13.3. The van der Waals surface area contributed by atoms with Gasteiger partial charge in [0.2, 0.25) is 0 Å². The molecule has 0 aliphatic carbocycles. The van der Waals surface area contributed by atoms with E-state index in [1.54, 1.807) is 0 Å². The normalized spacial score (nSPS) is 33.6. The summed E-state index contributed by atoms with van der Waals surface area (Å²) in [4.78, 5) is 0. The van der Waals surface area contributed by atoms with Crippen molar-refractivity contribution in [1.82, 2.24) is 0 Å². The summed E-state index contributed by atoms with van der Waals surface area (Å²) in [5.41, 5.74) is 0. The first-order valence-electron chi connectivity index (χ1n) is 9.00. The van der Waals surface area contributed by atoms with Crippen molar-refractivity contribution in [3.63, 3.8) is 0 Å². The van der Waals surface area contributed by atoms with Gasteiger partial charge in [-0.05, 0) is 38.5 Å². The Hall–Kier alpha value is -0.426. The van der Waals surface area contributed by atoms with Gasteiger partial charge in [0.25, 0.3) is 0 Å². The Morgan fingerprint density at radius 1 is 0.955 bits per heavy atom. The molecule has 0 bridgehead atoms. The first-order valence-corrected chi connectivity index (χ1v) is 13.3. The lowest BCUT2D eigenvalue weighted by Crippen LogP contribution is -2.70. The lowest BCUT2D eigenvalue weighted by molar-refractivity contribution is -0.162. The summed E-state index contributed by atoms with van der Waals surface area (Å²) in [6.45, 7) is 6.83. The molecule has 1 aromatic carbocycles. The highest BCUT2D eigenvalue weighted by atomic mass is 28.3. The van der Waals surface area contributed by atoms with Gasteiger partial charge in [0.1, 0.15) is 0 Å². The molecule has 122 valence electrons. The molecule has 2 atom stereocenters. The quantitative estimate of drug-likeness (QED) is 0.787. The Morgan fingerprint density at radius 2 is 1.64 bits per heavy atom. The molecule has 4 heteroatoms. The molecular formula is C18H31O2Si2+. The van der Waals surface area contributed by atoms with Crippen LogP contribution in [-0.4, -0.2) is 42.0 Å². The number of ether oxygens (including phenoxy) is 2. The lowest BCUT2D eigenvalue weighted by atomic mass is 9.96. The summed E-state index contributed by atoms with van der Waals surface area (Å²) in [7, 11) is -1.50. The highest BCUT2D eigenvalue weighted by molar-refractivity contribution is 6.65. The highest BCUT2D eigenvalue weighted by Crippen LogP contribution is 2.44. The van der Waals surface area contributed by atoms with Gasteiger partial charge in [0, 0.05) is 13.2 Å². The first-order chi connectivity index (χ1) is 10.7. The fourth-order valence-corrected chi connectivity index (χ4v) is 11.0. The van der Waals surface area contributed by atoms with Gasteiger partial charge in [-0.25, -0.2) is 0 Å². The number of rotatable bonds is 4. The largest absolute Gasteiger partial charge is 1.00 e. The molecule has 0 amide bonds. The predicted molar refractivity (Wildman–Crippen MR) is 99.7 cm³/mol. The average Bonchev–Trinajstić information content (AvgIpc) is 2.57. The van der Waals surface area contributed by atoms with E-state index in [0.717, 1.165) is 13.2 Å². The molecule has 2 aliphatic rings. The molecule has 2 fully saturated rings. The molecule has 3 rings (SSSR count). The van der Waals surface area contributed by atoms with Crippen LogP contribution >= 0.6 is 0 Å². The summed E-state index contributed by atoms with van der Waals surface area (Å²) in [6.07, 6.45) is 7.54. The molecule has 2 nitrogen and oxygen atoms in total. The number of hydrogen-bond donors (Lipinski definition) is 0. The maximum Gasteiger partial charge on any atom is 1.00 e. The molecule has 0 aromatic heterocycles. The Labute approximate surface area is 140 Å². The van der Waals surface area contributed by atoms with E-state index in [1.807, 2.05) is 0 Å². The summed E-state index contributed by atoms with van der Waals surface area (Å²) in [5.74, 6) is 0. The lowest BCUT2D eigenvalue weighted by Gasteiger charge is -2.56. The fourth-order valence-electron chi connectivity index (χ4n) is 4.56. The van der Waals surface area contributed by atoms with Crippen LogP contribution in [0.25, 0.3) is 0 Å². The van der Waals surface area contributed by atoms with Gasteiger partial charge in [-0.1, -0.05) is 48.6 Å². The summed E-state index contributed by atoms with van der Waals surface area (Å²) in [6, 6.07) is 11.1. The minimum atomic E-state index is -0.982. The molecule has 0 N–H and O–H groups in total. The minimum absolute atomic E-state index is 0. The van der Waals surface area contributed by atoms with E-state index >= 15 is 0 Å². The van der Waals surface area contributed by atoms with E-state index in [2.05, 4.69) is 43.4 Å². The van der Waals surface area contributed by atoms with E-state index in [1.165, 1.54) is 43.7 Å². The third kappa shape index (κ3) is 2.98. The second-order valence-corrected chi connectivity index (χ2v) is 12.9. The third-order valence-corrected chi connectivity index (χ3v) is 11.6. The van der Waals surface area contributed by atoms with Gasteiger partial charge in [-0.3, -0.25) is 0 Å². The second kappa shape index (κ2) is 6.99. The van der Waals surface area contributed by atoms with E-state index in [9.17, 15) is 0 Å². The predicted octanol–water partition coefficient (Wildman–Crippen LogP) is 2.46. The number of hydrogen-bond acceptors (Lipinski definition) is 2. The van der Waals surface area contributed by atoms with Crippen LogP contribution in [-0.2, 0) is 9.47 Å². The highest BCUT2D eigenvalue weighted by Gasteiger charge is 2.56. The van der Waals surface area contributed by atoms with Gasteiger partial charge in [0.15, 0.2) is 0 Å². The van der Waals surface area contributed by atoms with E-state index in [4.69, 9.17) is 9.47 Å². The fraction of sp³-hybridized carbons (Fsp3) is 0.667. The summed E-state index contributed by atoms with van der Waals surface area (Å²) in [5, 5.41) is 1.66. The van der Waals surface area contributed by atoms with Crippen LogP contribution < -0.4 is 5.19 Å². The van der Waals surface area contributed by atoms with Crippen LogP contribution in [0.1, 0.15) is 40.0 Å². The maximum atomic E-state index is 6.65. The van der Waals surface area contributed by atoms with E-state index in [0.29, 0.717) is 0 Å².